The molecule has 2 heterocycles. The Morgan fingerprint density at radius 1 is 1.31 bits per heavy atom. The summed E-state index contributed by atoms with van der Waals surface area (Å²) in [6, 6.07) is 6.70. The Balaban J connectivity index is 2.51. The van der Waals surface area contributed by atoms with Crippen molar-refractivity contribution in [2.24, 2.45) is 0 Å². The van der Waals surface area contributed by atoms with Gasteiger partial charge in [0.15, 0.2) is 16.8 Å². The van der Waals surface area contributed by atoms with Crippen molar-refractivity contribution in [2.45, 2.75) is 0 Å². The maximum absolute atomic E-state index is 12.8. The number of hydrogen-bond donors (Lipinski definition) is 0. The number of rotatable bonds is 1. The molecule has 0 N–H and O–H groups in total. The van der Waals surface area contributed by atoms with Crippen LogP contribution in [0.5, 0.6) is 0 Å². The summed E-state index contributed by atoms with van der Waals surface area (Å²) >= 11 is 5.52. The molecular weight excluding hydrogens is 231 g/mol. The maximum Gasteiger partial charge on any atom is 0.179 e. The van der Waals surface area contributed by atoms with Crippen LogP contribution in [0.1, 0.15) is 5.69 Å². The van der Waals surface area contributed by atoms with Crippen molar-refractivity contribution in [3.05, 3.63) is 41.1 Å². The van der Waals surface area contributed by atoms with E-state index in [2.05, 4.69) is 15.0 Å². The third kappa shape index (κ3) is 1.97. The molecule has 78 valence electrons. The van der Waals surface area contributed by atoms with Crippen molar-refractivity contribution in [3.8, 4) is 17.6 Å². The molecule has 2 aromatic rings. The fourth-order valence-electron chi connectivity index (χ4n) is 1.09. The van der Waals surface area contributed by atoms with Crippen LogP contribution in [0.2, 0.25) is 5.15 Å². The van der Waals surface area contributed by atoms with Gasteiger partial charge in [-0.3, -0.25) is 0 Å². The predicted octanol–water partition coefficient (Wildman–Crippen LogP) is 2.20. The minimum atomic E-state index is -0.693. The molecule has 2 rings (SSSR count). The summed E-state index contributed by atoms with van der Waals surface area (Å²) in [6.45, 7) is 0. The lowest BCUT2D eigenvalue weighted by atomic mass is 10.3. The molecule has 0 saturated heterocycles. The van der Waals surface area contributed by atoms with E-state index < -0.39 is 5.82 Å². The molecule has 0 aromatic carbocycles. The zero-order valence-electron chi connectivity index (χ0n) is 7.85. The molecule has 4 nitrogen and oxygen atoms in total. The number of halogens is 2. The van der Waals surface area contributed by atoms with Crippen LogP contribution in [0.15, 0.2) is 24.4 Å². The van der Waals surface area contributed by atoms with Gasteiger partial charge in [0, 0.05) is 0 Å². The van der Waals surface area contributed by atoms with Gasteiger partial charge in [-0.25, -0.2) is 19.3 Å². The summed E-state index contributed by atoms with van der Waals surface area (Å²) in [6.07, 6.45) is 0.964. The quantitative estimate of drug-likeness (QED) is 0.710. The van der Waals surface area contributed by atoms with Gasteiger partial charge in [0.1, 0.15) is 17.5 Å². The SMILES string of the molecule is N#Cc1cccc(-c2ncc(F)c(Cl)n2)n1. The van der Waals surface area contributed by atoms with Crippen molar-refractivity contribution >= 4 is 11.6 Å². The average molecular weight is 235 g/mol. The fourth-order valence-corrected chi connectivity index (χ4v) is 1.22. The second-order valence-corrected chi connectivity index (χ2v) is 3.21. The first-order chi connectivity index (χ1) is 7.70. The minimum Gasteiger partial charge on any atom is -0.234 e. The van der Waals surface area contributed by atoms with Gasteiger partial charge in [-0.1, -0.05) is 17.7 Å². The van der Waals surface area contributed by atoms with E-state index in [-0.39, 0.29) is 16.7 Å². The van der Waals surface area contributed by atoms with Crippen molar-refractivity contribution in [2.75, 3.05) is 0 Å². The highest BCUT2D eigenvalue weighted by atomic mass is 35.5. The molecule has 0 atom stereocenters. The molecule has 0 radical (unpaired) electrons. The van der Waals surface area contributed by atoms with Gasteiger partial charge in [0.05, 0.1) is 6.20 Å². The molecule has 2 aromatic heterocycles. The molecule has 0 bridgehead atoms. The zero-order chi connectivity index (χ0) is 11.5. The number of hydrogen-bond acceptors (Lipinski definition) is 4. The fraction of sp³-hybridized carbons (Fsp3) is 0. The van der Waals surface area contributed by atoms with Crippen molar-refractivity contribution < 1.29 is 4.39 Å². The van der Waals surface area contributed by atoms with Crippen LogP contribution < -0.4 is 0 Å². The minimum absolute atomic E-state index is 0.184. The van der Waals surface area contributed by atoms with E-state index in [1.54, 1.807) is 18.2 Å². The van der Waals surface area contributed by atoms with E-state index >= 15 is 0 Å². The standard InChI is InChI=1S/C10H4ClFN4/c11-9-7(12)5-14-10(16-9)8-3-1-2-6(4-13)15-8/h1-3,5H. The average Bonchev–Trinajstić information content (AvgIpc) is 2.33. The summed E-state index contributed by atoms with van der Waals surface area (Å²) in [5.41, 5.74) is 0.613. The lowest BCUT2D eigenvalue weighted by Gasteiger charge is -1.99. The molecule has 0 unspecified atom stereocenters. The van der Waals surface area contributed by atoms with Crippen LogP contribution in [0.25, 0.3) is 11.5 Å². The van der Waals surface area contributed by atoms with Gasteiger partial charge in [-0.2, -0.15) is 5.26 Å². The van der Waals surface area contributed by atoms with Crippen molar-refractivity contribution in [3.63, 3.8) is 0 Å². The molecule has 0 amide bonds. The van der Waals surface area contributed by atoms with Gasteiger partial charge in [-0.05, 0) is 12.1 Å². The molecule has 16 heavy (non-hydrogen) atoms. The second kappa shape index (κ2) is 4.21. The molecule has 0 saturated carbocycles. The monoisotopic (exact) mass is 234 g/mol. The van der Waals surface area contributed by atoms with Crippen LogP contribution >= 0.6 is 11.6 Å². The highest BCUT2D eigenvalue weighted by Crippen LogP contribution is 2.16. The summed E-state index contributed by atoms with van der Waals surface area (Å²) in [5, 5.41) is 8.40. The van der Waals surface area contributed by atoms with Crippen molar-refractivity contribution in [1.82, 2.24) is 15.0 Å². The lowest BCUT2D eigenvalue weighted by molar-refractivity contribution is 0.614. The highest BCUT2D eigenvalue weighted by Gasteiger charge is 2.07. The Morgan fingerprint density at radius 2 is 2.12 bits per heavy atom. The van der Waals surface area contributed by atoms with Crippen molar-refractivity contribution in [1.29, 1.82) is 5.26 Å². The molecule has 0 aliphatic heterocycles. The lowest BCUT2D eigenvalue weighted by Crippen LogP contribution is -1.95. The Labute approximate surface area is 95.4 Å². The molecule has 6 heteroatoms. The van der Waals surface area contributed by atoms with Crippen LogP contribution in [0.4, 0.5) is 4.39 Å². The predicted molar refractivity (Wildman–Crippen MR) is 54.9 cm³/mol. The number of nitriles is 1. The number of pyridine rings is 1. The topological polar surface area (TPSA) is 62.5 Å². The van der Waals surface area contributed by atoms with Gasteiger partial charge in [0.25, 0.3) is 0 Å². The Morgan fingerprint density at radius 3 is 2.81 bits per heavy atom. The van der Waals surface area contributed by atoms with Crippen LogP contribution in [-0.2, 0) is 0 Å². The number of aromatic nitrogens is 3. The van der Waals surface area contributed by atoms with Crippen LogP contribution in [0, 0.1) is 17.1 Å². The second-order valence-electron chi connectivity index (χ2n) is 2.85. The van der Waals surface area contributed by atoms with E-state index in [1.165, 1.54) is 0 Å². The smallest absolute Gasteiger partial charge is 0.179 e. The normalized spacial score (nSPS) is 9.81. The first-order valence-corrected chi connectivity index (χ1v) is 4.64. The summed E-state index contributed by atoms with van der Waals surface area (Å²) in [5.74, 6) is -0.509. The Kier molecular flexibility index (Phi) is 2.75. The maximum atomic E-state index is 12.8. The highest BCUT2D eigenvalue weighted by molar-refractivity contribution is 6.29. The Bertz CT molecular complexity index is 579. The van der Waals surface area contributed by atoms with E-state index in [0.717, 1.165) is 6.20 Å². The summed E-state index contributed by atoms with van der Waals surface area (Å²) in [4.78, 5) is 11.4. The van der Waals surface area contributed by atoms with E-state index in [1.807, 2.05) is 6.07 Å². The van der Waals surface area contributed by atoms with E-state index in [4.69, 9.17) is 16.9 Å². The van der Waals surface area contributed by atoms with Gasteiger partial charge >= 0.3 is 0 Å². The number of nitrogens with zero attached hydrogens (tertiary/aromatic N) is 4. The molecule has 0 aliphatic rings. The third-order valence-electron chi connectivity index (χ3n) is 1.79. The Hall–Kier alpha value is -2.06. The molecular formula is C10H4ClFN4. The largest absolute Gasteiger partial charge is 0.234 e. The molecule has 0 spiro atoms. The summed E-state index contributed by atoms with van der Waals surface area (Å²) in [7, 11) is 0. The van der Waals surface area contributed by atoms with Gasteiger partial charge in [0.2, 0.25) is 0 Å². The third-order valence-corrected chi connectivity index (χ3v) is 2.06. The van der Waals surface area contributed by atoms with Gasteiger partial charge in [-0.15, -0.1) is 0 Å². The van der Waals surface area contributed by atoms with Crippen LogP contribution in [0.3, 0.4) is 0 Å². The molecule has 0 fully saturated rings. The zero-order valence-corrected chi connectivity index (χ0v) is 8.61. The van der Waals surface area contributed by atoms with Crippen LogP contribution in [-0.4, -0.2) is 15.0 Å². The first kappa shape index (κ1) is 10.5. The van der Waals surface area contributed by atoms with E-state index in [0.29, 0.717) is 5.69 Å². The van der Waals surface area contributed by atoms with E-state index in [9.17, 15) is 4.39 Å². The molecule has 0 aliphatic carbocycles. The van der Waals surface area contributed by atoms with Gasteiger partial charge < -0.3 is 0 Å². The first-order valence-electron chi connectivity index (χ1n) is 4.26. The summed E-state index contributed by atoms with van der Waals surface area (Å²) < 4.78 is 12.8.